The summed E-state index contributed by atoms with van der Waals surface area (Å²) in [5, 5.41) is 5.53. The molecule has 1 aromatic carbocycles. The molecular formula is C28H31ClFN5O2. The summed E-state index contributed by atoms with van der Waals surface area (Å²) in [6.07, 6.45) is 2.54. The topological polar surface area (TPSA) is 70.6 Å². The minimum absolute atomic E-state index is 0.0316. The van der Waals surface area contributed by atoms with Gasteiger partial charge >= 0.3 is 0 Å². The number of piperazine rings is 1. The number of aromatic nitrogens is 2. The molecule has 3 fully saturated rings. The summed E-state index contributed by atoms with van der Waals surface area (Å²) in [4.78, 5) is 26.3. The van der Waals surface area contributed by atoms with Gasteiger partial charge in [0.2, 0.25) is 5.91 Å². The molecule has 1 N–H and O–H groups in total. The SMILES string of the molecule is C[C@@H]1[C@@H](C(=O)Nc2cc3cc(N4CCN([C@@]5(C)COC[C@H]5F)CC4)c(Cl)cc3cn2)[C@@H]1c1ccccn1. The number of fused-ring (bicyclic) bond motifs is 1. The Morgan fingerprint density at radius 3 is 2.68 bits per heavy atom. The van der Waals surface area contributed by atoms with Crippen molar-refractivity contribution in [3.63, 3.8) is 0 Å². The Morgan fingerprint density at radius 2 is 1.97 bits per heavy atom. The van der Waals surface area contributed by atoms with Crippen LogP contribution in [0.15, 0.2) is 48.8 Å². The second kappa shape index (κ2) is 9.49. The average molecular weight is 524 g/mol. The third-order valence-corrected chi connectivity index (χ3v) is 8.73. The van der Waals surface area contributed by atoms with Crippen molar-refractivity contribution in [2.45, 2.75) is 31.5 Å². The third kappa shape index (κ3) is 4.45. The zero-order valence-electron chi connectivity index (χ0n) is 21.0. The molecule has 1 amide bonds. The highest BCUT2D eigenvalue weighted by molar-refractivity contribution is 6.34. The predicted molar refractivity (Wildman–Crippen MR) is 143 cm³/mol. The fraction of sp³-hybridized carbons (Fsp3) is 0.464. The Bertz CT molecular complexity index is 1320. The number of hydrogen-bond acceptors (Lipinski definition) is 6. The lowest BCUT2D eigenvalue weighted by Crippen LogP contribution is -2.59. The van der Waals surface area contributed by atoms with Crippen LogP contribution < -0.4 is 10.2 Å². The van der Waals surface area contributed by atoms with E-state index < -0.39 is 11.7 Å². The van der Waals surface area contributed by atoms with Gasteiger partial charge in [-0.15, -0.1) is 0 Å². The summed E-state index contributed by atoms with van der Waals surface area (Å²) < 4.78 is 19.9. The lowest BCUT2D eigenvalue weighted by Gasteiger charge is -2.44. The fourth-order valence-corrected chi connectivity index (χ4v) is 6.24. The van der Waals surface area contributed by atoms with Gasteiger partial charge < -0.3 is 15.0 Å². The first kappa shape index (κ1) is 24.5. The number of hydrogen-bond donors (Lipinski definition) is 1. The number of carbonyl (C=O) groups excluding carboxylic acids is 1. The average Bonchev–Trinajstić information content (AvgIpc) is 3.47. The first-order chi connectivity index (χ1) is 17.8. The molecular weight excluding hydrogens is 493 g/mol. The molecule has 0 unspecified atom stereocenters. The minimum Gasteiger partial charge on any atom is -0.376 e. The number of carbonyl (C=O) groups is 1. The first-order valence-electron chi connectivity index (χ1n) is 12.9. The molecule has 1 saturated carbocycles. The minimum atomic E-state index is -0.970. The zero-order chi connectivity index (χ0) is 25.7. The van der Waals surface area contributed by atoms with Crippen LogP contribution in [0, 0.1) is 11.8 Å². The Kier molecular flexibility index (Phi) is 6.29. The molecule has 7 nitrogen and oxygen atoms in total. The van der Waals surface area contributed by atoms with E-state index in [-0.39, 0.29) is 30.3 Å². The molecule has 2 saturated heterocycles. The van der Waals surface area contributed by atoms with Gasteiger partial charge in [-0.25, -0.2) is 9.37 Å². The van der Waals surface area contributed by atoms with E-state index in [4.69, 9.17) is 16.3 Å². The number of benzene rings is 1. The van der Waals surface area contributed by atoms with Crippen LogP contribution in [0.1, 0.15) is 25.5 Å². The van der Waals surface area contributed by atoms with Crippen molar-refractivity contribution in [3.8, 4) is 0 Å². The van der Waals surface area contributed by atoms with E-state index in [2.05, 4.69) is 38.1 Å². The molecule has 2 aliphatic heterocycles. The van der Waals surface area contributed by atoms with Crippen molar-refractivity contribution in [2.75, 3.05) is 49.6 Å². The standard InChI is InChI=1S/C28H31ClFN5O2/c1-17-25(21-5-3-4-6-31-21)26(17)27(36)33-24-13-18-12-22(20(29)11-19(18)14-32-24)34-7-9-35(10-8-34)28(2)16-37-15-23(28)30/h3-6,11-14,17,23,25-26H,7-10,15-16H2,1-2H3,(H,32,33,36)/t17-,23+,25-,26+,28-/m0/s1. The smallest absolute Gasteiger partial charge is 0.229 e. The molecule has 3 aliphatic rings. The summed E-state index contributed by atoms with van der Waals surface area (Å²) in [6, 6.07) is 11.7. The molecule has 0 radical (unpaired) electrons. The quantitative estimate of drug-likeness (QED) is 0.530. The maximum Gasteiger partial charge on any atom is 0.229 e. The molecule has 0 spiro atoms. The van der Waals surface area contributed by atoms with Crippen LogP contribution in [-0.2, 0) is 9.53 Å². The predicted octanol–water partition coefficient (Wildman–Crippen LogP) is 4.52. The maximum atomic E-state index is 14.5. The van der Waals surface area contributed by atoms with Crippen LogP contribution in [0.25, 0.3) is 10.8 Å². The fourth-order valence-electron chi connectivity index (χ4n) is 5.95. The number of nitrogens with zero attached hydrogens (tertiary/aromatic N) is 4. The highest BCUT2D eigenvalue weighted by atomic mass is 35.5. The molecule has 0 bridgehead atoms. The van der Waals surface area contributed by atoms with Gasteiger partial charge in [-0.1, -0.05) is 24.6 Å². The van der Waals surface area contributed by atoms with Gasteiger partial charge in [0.25, 0.3) is 0 Å². The molecule has 1 aliphatic carbocycles. The van der Waals surface area contributed by atoms with Gasteiger partial charge in [-0.2, -0.15) is 0 Å². The molecule has 9 heteroatoms. The van der Waals surface area contributed by atoms with Gasteiger partial charge in [-0.05, 0) is 48.6 Å². The van der Waals surface area contributed by atoms with Gasteiger partial charge in [0.05, 0.1) is 35.4 Å². The van der Waals surface area contributed by atoms with E-state index in [1.807, 2.05) is 37.3 Å². The monoisotopic (exact) mass is 523 g/mol. The maximum absolute atomic E-state index is 14.5. The highest BCUT2D eigenvalue weighted by Gasteiger charge is 2.53. The number of amides is 1. The largest absolute Gasteiger partial charge is 0.376 e. The molecule has 194 valence electrons. The number of anilines is 2. The molecule has 5 atom stereocenters. The van der Waals surface area contributed by atoms with Crippen molar-refractivity contribution in [1.29, 1.82) is 0 Å². The molecule has 4 heterocycles. The van der Waals surface area contributed by atoms with Crippen LogP contribution in [0.5, 0.6) is 0 Å². The molecule has 3 aromatic rings. The number of nitrogens with one attached hydrogen (secondary N) is 1. The summed E-state index contributed by atoms with van der Waals surface area (Å²) in [6.45, 7) is 7.60. The summed E-state index contributed by atoms with van der Waals surface area (Å²) in [7, 11) is 0. The van der Waals surface area contributed by atoms with Crippen LogP contribution in [0.3, 0.4) is 0 Å². The van der Waals surface area contributed by atoms with E-state index in [1.54, 1.807) is 12.4 Å². The van der Waals surface area contributed by atoms with Crippen molar-refractivity contribution in [2.24, 2.45) is 11.8 Å². The number of rotatable bonds is 5. The Balaban J connectivity index is 1.16. The molecule has 2 aromatic heterocycles. The zero-order valence-corrected chi connectivity index (χ0v) is 21.8. The third-order valence-electron chi connectivity index (χ3n) is 8.43. The van der Waals surface area contributed by atoms with E-state index >= 15 is 0 Å². The van der Waals surface area contributed by atoms with E-state index in [0.717, 1.165) is 48.3 Å². The van der Waals surface area contributed by atoms with Gasteiger partial charge in [0, 0.05) is 55.6 Å². The van der Waals surface area contributed by atoms with E-state index in [9.17, 15) is 9.18 Å². The number of alkyl halides is 1. The summed E-state index contributed by atoms with van der Waals surface area (Å²) in [5.41, 5.74) is 1.33. The Labute approximate surface area is 221 Å². The number of pyridine rings is 2. The van der Waals surface area contributed by atoms with Crippen molar-refractivity contribution < 1.29 is 13.9 Å². The highest BCUT2D eigenvalue weighted by Crippen LogP contribution is 2.53. The van der Waals surface area contributed by atoms with E-state index in [0.29, 0.717) is 17.4 Å². The second-order valence-corrected chi connectivity index (χ2v) is 11.1. The molecule has 6 rings (SSSR count). The van der Waals surface area contributed by atoms with E-state index in [1.165, 1.54) is 0 Å². The summed E-state index contributed by atoms with van der Waals surface area (Å²) in [5.74, 6) is 0.760. The van der Waals surface area contributed by atoms with Crippen molar-refractivity contribution in [3.05, 3.63) is 59.5 Å². The van der Waals surface area contributed by atoms with Crippen LogP contribution >= 0.6 is 11.6 Å². The lowest BCUT2D eigenvalue weighted by molar-refractivity contribution is -0.117. The number of halogens is 2. The van der Waals surface area contributed by atoms with Crippen molar-refractivity contribution >= 4 is 39.8 Å². The number of ether oxygens (including phenoxy) is 1. The van der Waals surface area contributed by atoms with Gasteiger partial charge in [0.1, 0.15) is 12.0 Å². The van der Waals surface area contributed by atoms with Gasteiger partial charge in [-0.3, -0.25) is 14.7 Å². The molecule has 37 heavy (non-hydrogen) atoms. The summed E-state index contributed by atoms with van der Waals surface area (Å²) >= 11 is 6.68. The Hall–Kier alpha value is -2.81. The first-order valence-corrected chi connectivity index (χ1v) is 13.3. The second-order valence-electron chi connectivity index (χ2n) is 10.7. The normalized spacial score (nSPS) is 30.0. The van der Waals surface area contributed by atoms with Crippen LogP contribution in [0.4, 0.5) is 15.9 Å². The Morgan fingerprint density at radius 1 is 1.16 bits per heavy atom. The lowest BCUT2D eigenvalue weighted by atomic mass is 9.96. The van der Waals surface area contributed by atoms with Crippen molar-refractivity contribution in [1.82, 2.24) is 14.9 Å². The van der Waals surface area contributed by atoms with Crippen LogP contribution in [0.2, 0.25) is 5.02 Å². The van der Waals surface area contributed by atoms with Gasteiger partial charge in [0.15, 0.2) is 0 Å². The van der Waals surface area contributed by atoms with Crippen LogP contribution in [-0.4, -0.2) is 71.9 Å².